The summed E-state index contributed by atoms with van der Waals surface area (Å²) in [4.78, 5) is 2.44. The summed E-state index contributed by atoms with van der Waals surface area (Å²) in [5.41, 5.74) is 0. The SMILES string of the molecule is COc1cccc(Sc2ccc(I)cc2)c1. The molecule has 0 atom stereocenters. The lowest BCUT2D eigenvalue weighted by molar-refractivity contribution is 0.413. The molecule has 0 aliphatic carbocycles. The Morgan fingerprint density at radius 3 is 2.44 bits per heavy atom. The molecule has 2 aromatic carbocycles. The monoisotopic (exact) mass is 342 g/mol. The maximum Gasteiger partial charge on any atom is 0.119 e. The molecule has 0 heterocycles. The Balaban J connectivity index is 2.16. The Morgan fingerprint density at radius 1 is 1.00 bits per heavy atom. The molecule has 0 aliphatic rings. The summed E-state index contributed by atoms with van der Waals surface area (Å²) in [6.07, 6.45) is 0. The molecule has 0 unspecified atom stereocenters. The van der Waals surface area contributed by atoms with E-state index in [0.29, 0.717) is 0 Å². The molecular formula is C13H11IOS. The quantitative estimate of drug-likeness (QED) is 0.762. The molecule has 0 aliphatic heterocycles. The van der Waals surface area contributed by atoms with E-state index >= 15 is 0 Å². The molecule has 0 saturated carbocycles. The van der Waals surface area contributed by atoms with Gasteiger partial charge in [0.2, 0.25) is 0 Å². The van der Waals surface area contributed by atoms with Gasteiger partial charge in [-0.15, -0.1) is 0 Å². The van der Waals surface area contributed by atoms with Crippen LogP contribution in [0.15, 0.2) is 58.3 Å². The number of benzene rings is 2. The lowest BCUT2D eigenvalue weighted by Gasteiger charge is -2.04. The highest BCUT2D eigenvalue weighted by atomic mass is 127. The standard InChI is InChI=1S/C13H11IOS/c1-15-11-3-2-4-13(9-11)16-12-7-5-10(14)6-8-12/h2-9H,1H3. The van der Waals surface area contributed by atoms with Crippen LogP contribution in [0.2, 0.25) is 0 Å². The van der Waals surface area contributed by atoms with Crippen molar-refractivity contribution in [3.8, 4) is 5.75 Å². The van der Waals surface area contributed by atoms with Gasteiger partial charge >= 0.3 is 0 Å². The summed E-state index contributed by atoms with van der Waals surface area (Å²) in [5, 5.41) is 0. The molecule has 0 bridgehead atoms. The van der Waals surface area contributed by atoms with E-state index in [-0.39, 0.29) is 0 Å². The second-order valence-electron chi connectivity index (χ2n) is 3.23. The van der Waals surface area contributed by atoms with E-state index in [0.717, 1.165) is 5.75 Å². The predicted octanol–water partition coefficient (Wildman–Crippen LogP) is 4.45. The van der Waals surface area contributed by atoms with Crippen LogP contribution in [0.1, 0.15) is 0 Å². The number of methoxy groups -OCH3 is 1. The average Bonchev–Trinajstić information content (AvgIpc) is 2.32. The van der Waals surface area contributed by atoms with Gasteiger partial charge < -0.3 is 4.74 Å². The highest BCUT2D eigenvalue weighted by molar-refractivity contribution is 14.1. The fraction of sp³-hybridized carbons (Fsp3) is 0.0769. The van der Waals surface area contributed by atoms with E-state index in [4.69, 9.17) is 4.74 Å². The van der Waals surface area contributed by atoms with Crippen molar-refractivity contribution >= 4 is 34.4 Å². The first-order chi connectivity index (χ1) is 7.78. The first-order valence-electron chi connectivity index (χ1n) is 4.85. The third-order valence-electron chi connectivity index (χ3n) is 2.09. The van der Waals surface area contributed by atoms with E-state index < -0.39 is 0 Å². The summed E-state index contributed by atoms with van der Waals surface area (Å²) in [7, 11) is 1.69. The van der Waals surface area contributed by atoms with Gasteiger partial charge in [-0.05, 0) is 65.1 Å². The summed E-state index contributed by atoms with van der Waals surface area (Å²) < 4.78 is 6.45. The van der Waals surface area contributed by atoms with Gasteiger partial charge in [0.15, 0.2) is 0 Å². The Hall–Kier alpha value is -0.680. The first-order valence-corrected chi connectivity index (χ1v) is 6.75. The molecule has 0 N–H and O–H groups in total. The van der Waals surface area contributed by atoms with Gasteiger partial charge in [0, 0.05) is 13.4 Å². The van der Waals surface area contributed by atoms with Gasteiger partial charge in [-0.2, -0.15) is 0 Å². The molecule has 0 radical (unpaired) electrons. The molecule has 16 heavy (non-hydrogen) atoms. The van der Waals surface area contributed by atoms with E-state index in [1.54, 1.807) is 18.9 Å². The first kappa shape index (κ1) is 11.8. The molecule has 0 fully saturated rings. The summed E-state index contributed by atoms with van der Waals surface area (Å²) in [5.74, 6) is 0.899. The van der Waals surface area contributed by atoms with Crippen LogP contribution in [-0.4, -0.2) is 7.11 Å². The number of ether oxygens (including phenoxy) is 1. The zero-order valence-corrected chi connectivity index (χ0v) is 11.8. The Morgan fingerprint density at radius 2 is 1.75 bits per heavy atom. The maximum absolute atomic E-state index is 5.20. The van der Waals surface area contributed by atoms with Crippen molar-refractivity contribution in [1.29, 1.82) is 0 Å². The second-order valence-corrected chi connectivity index (χ2v) is 5.63. The minimum absolute atomic E-state index is 0.899. The van der Waals surface area contributed by atoms with Crippen LogP contribution in [0.5, 0.6) is 5.75 Å². The lowest BCUT2D eigenvalue weighted by atomic mass is 10.3. The van der Waals surface area contributed by atoms with Crippen LogP contribution < -0.4 is 4.74 Å². The number of hydrogen-bond donors (Lipinski definition) is 0. The van der Waals surface area contributed by atoms with Gasteiger partial charge in [-0.1, -0.05) is 17.8 Å². The molecule has 0 amide bonds. The van der Waals surface area contributed by atoms with Crippen molar-refractivity contribution in [3.63, 3.8) is 0 Å². The fourth-order valence-corrected chi connectivity index (χ4v) is 2.53. The summed E-state index contributed by atoms with van der Waals surface area (Å²) in [6.45, 7) is 0. The molecular weight excluding hydrogens is 331 g/mol. The van der Waals surface area contributed by atoms with E-state index in [1.807, 2.05) is 18.2 Å². The Bertz CT molecular complexity index is 468. The van der Waals surface area contributed by atoms with Crippen LogP contribution in [0, 0.1) is 3.57 Å². The third-order valence-corrected chi connectivity index (χ3v) is 3.81. The molecule has 2 aromatic rings. The molecule has 82 valence electrons. The molecule has 0 aromatic heterocycles. The minimum atomic E-state index is 0.899. The van der Waals surface area contributed by atoms with Crippen molar-refractivity contribution < 1.29 is 4.74 Å². The van der Waals surface area contributed by atoms with Crippen molar-refractivity contribution in [2.24, 2.45) is 0 Å². The highest BCUT2D eigenvalue weighted by Gasteiger charge is 1.98. The van der Waals surface area contributed by atoms with Crippen molar-refractivity contribution in [2.45, 2.75) is 9.79 Å². The summed E-state index contributed by atoms with van der Waals surface area (Å²) in [6, 6.07) is 16.6. The minimum Gasteiger partial charge on any atom is -0.497 e. The van der Waals surface area contributed by atoms with E-state index in [9.17, 15) is 0 Å². The molecule has 3 heteroatoms. The normalized spacial score (nSPS) is 10.1. The van der Waals surface area contributed by atoms with E-state index in [1.165, 1.54) is 13.4 Å². The van der Waals surface area contributed by atoms with Crippen LogP contribution >= 0.6 is 34.4 Å². The predicted molar refractivity (Wildman–Crippen MR) is 76.3 cm³/mol. The van der Waals surface area contributed by atoms with Gasteiger partial charge in [-0.3, -0.25) is 0 Å². The topological polar surface area (TPSA) is 9.23 Å². The molecule has 0 saturated heterocycles. The number of rotatable bonds is 3. The second kappa shape index (κ2) is 5.59. The van der Waals surface area contributed by atoms with Gasteiger partial charge in [0.25, 0.3) is 0 Å². The van der Waals surface area contributed by atoms with Crippen LogP contribution in [0.3, 0.4) is 0 Å². The van der Waals surface area contributed by atoms with Crippen LogP contribution in [0.25, 0.3) is 0 Å². The maximum atomic E-state index is 5.20. The van der Waals surface area contributed by atoms with Crippen LogP contribution in [-0.2, 0) is 0 Å². The zero-order chi connectivity index (χ0) is 11.4. The highest BCUT2D eigenvalue weighted by Crippen LogP contribution is 2.30. The third kappa shape index (κ3) is 3.15. The largest absolute Gasteiger partial charge is 0.497 e. The fourth-order valence-electron chi connectivity index (χ4n) is 1.30. The average molecular weight is 342 g/mol. The smallest absolute Gasteiger partial charge is 0.119 e. The van der Waals surface area contributed by atoms with Crippen LogP contribution in [0.4, 0.5) is 0 Å². The lowest BCUT2D eigenvalue weighted by Crippen LogP contribution is -1.82. The summed E-state index contributed by atoms with van der Waals surface area (Å²) >= 11 is 4.05. The van der Waals surface area contributed by atoms with Crippen molar-refractivity contribution in [2.75, 3.05) is 7.11 Å². The van der Waals surface area contributed by atoms with Gasteiger partial charge in [0.05, 0.1) is 7.11 Å². The molecule has 0 spiro atoms. The Kier molecular flexibility index (Phi) is 4.12. The zero-order valence-electron chi connectivity index (χ0n) is 8.81. The Labute approximate surface area is 113 Å². The number of hydrogen-bond acceptors (Lipinski definition) is 2. The van der Waals surface area contributed by atoms with Crippen molar-refractivity contribution in [1.82, 2.24) is 0 Å². The van der Waals surface area contributed by atoms with Gasteiger partial charge in [0.1, 0.15) is 5.75 Å². The molecule has 1 nitrogen and oxygen atoms in total. The van der Waals surface area contributed by atoms with Gasteiger partial charge in [-0.25, -0.2) is 0 Å². The van der Waals surface area contributed by atoms with E-state index in [2.05, 4.69) is 52.9 Å². The van der Waals surface area contributed by atoms with Crippen molar-refractivity contribution in [3.05, 3.63) is 52.1 Å². The number of halogens is 1. The molecule has 2 rings (SSSR count).